The van der Waals surface area contributed by atoms with Crippen molar-refractivity contribution in [3.8, 4) is 0 Å². The number of ether oxygens (including phenoxy) is 1. The lowest BCUT2D eigenvalue weighted by Gasteiger charge is -2.14. The lowest BCUT2D eigenvalue weighted by atomic mass is 10.1. The number of aromatic amines is 1. The summed E-state index contributed by atoms with van der Waals surface area (Å²) in [6, 6.07) is 0. The van der Waals surface area contributed by atoms with Crippen molar-refractivity contribution in [1.82, 2.24) is 9.97 Å². The van der Waals surface area contributed by atoms with E-state index in [-0.39, 0.29) is 17.4 Å². The standard InChI is InChI=1S/C17H20N2O3S/c1-9-11(3)23-17-14(9)16(21)18-15(19-17)10(2)22-13(20)8-12-6-4-5-7-12/h4,6,10,12H,5,7-8H2,1-3H3,(H,18,19,21)/t10-,12-/m0/s1. The first kappa shape index (κ1) is 15.9. The second kappa shape index (κ2) is 6.28. The van der Waals surface area contributed by atoms with Gasteiger partial charge in [-0.25, -0.2) is 4.98 Å². The molecule has 0 aromatic carbocycles. The van der Waals surface area contributed by atoms with Crippen molar-refractivity contribution >= 4 is 27.5 Å². The number of nitrogens with zero attached hydrogens (tertiary/aromatic N) is 1. The van der Waals surface area contributed by atoms with E-state index >= 15 is 0 Å². The molecule has 0 fully saturated rings. The maximum Gasteiger partial charge on any atom is 0.307 e. The van der Waals surface area contributed by atoms with Crippen LogP contribution in [0, 0.1) is 19.8 Å². The number of hydrogen-bond acceptors (Lipinski definition) is 5. The number of esters is 1. The molecular formula is C17H20N2O3S. The van der Waals surface area contributed by atoms with Crippen LogP contribution < -0.4 is 5.56 Å². The molecule has 0 amide bonds. The van der Waals surface area contributed by atoms with Crippen LogP contribution in [0.25, 0.3) is 10.2 Å². The van der Waals surface area contributed by atoms with Crippen LogP contribution in [0.5, 0.6) is 0 Å². The summed E-state index contributed by atoms with van der Waals surface area (Å²) in [7, 11) is 0. The second-order valence-corrected chi connectivity index (χ2v) is 7.22. The Labute approximate surface area is 138 Å². The molecule has 5 nitrogen and oxygen atoms in total. The number of H-pyrrole nitrogens is 1. The summed E-state index contributed by atoms with van der Waals surface area (Å²) in [6.45, 7) is 5.63. The van der Waals surface area contributed by atoms with Gasteiger partial charge < -0.3 is 9.72 Å². The number of aryl methyl sites for hydroxylation is 2. The summed E-state index contributed by atoms with van der Waals surface area (Å²) in [5.74, 6) is 0.418. The Morgan fingerprint density at radius 1 is 1.52 bits per heavy atom. The Balaban J connectivity index is 1.78. The van der Waals surface area contributed by atoms with Crippen molar-refractivity contribution in [1.29, 1.82) is 0 Å². The minimum Gasteiger partial charge on any atom is -0.454 e. The van der Waals surface area contributed by atoms with Gasteiger partial charge in [0.25, 0.3) is 5.56 Å². The predicted molar refractivity (Wildman–Crippen MR) is 90.7 cm³/mol. The fraction of sp³-hybridized carbons (Fsp3) is 0.471. The summed E-state index contributed by atoms with van der Waals surface area (Å²) in [5, 5.41) is 0.630. The largest absolute Gasteiger partial charge is 0.454 e. The molecule has 0 bridgehead atoms. The van der Waals surface area contributed by atoms with E-state index in [4.69, 9.17) is 4.74 Å². The number of carbonyl (C=O) groups is 1. The summed E-state index contributed by atoms with van der Waals surface area (Å²) >= 11 is 1.49. The van der Waals surface area contributed by atoms with E-state index in [2.05, 4.69) is 22.1 Å². The molecule has 3 rings (SSSR count). The highest BCUT2D eigenvalue weighted by Gasteiger charge is 2.20. The van der Waals surface area contributed by atoms with Gasteiger partial charge in [-0.05, 0) is 45.1 Å². The quantitative estimate of drug-likeness (QED) is 0.686. The van der Waals surface area contributed by atoms with Gasteiger partial charge in [0.05, 0.1) is 11.8 Å². The highest BCUT2D eigenvalue weighted by Crippen LogP contribution is 2.27. The molecule has 0 unspecified atom stereocenters. The molecule has 0 saturated heterocycles. The molecule has 1 aliphatic carbocycles. The Kier molecular flexibility index (Phi) is 4.35. The highest BCUT2D eigenvalue weighted by atomic mass is 32.1. The second-order valence-electron chi connectivity index (χ2n) is 6.02. The van der Waals surface area contributed by atoms with Crippen molar-refractivity contribution < 1.29 is 9.53 Å². The predicted octanol–water partition coefficient (Wildman–Crippen LogP) is 3.56. The maximum absolute atomic E-state index is 12.3. The van der Waals surface area contributed by atoms with Crippen LogP contribution in [0.4, 0.5) is 0 Å². The molecule has 2 atom stereocenters. The van der Waals surface area contributed by atoms with Gasteiger partial charge in [-0.1, -0.05) is 12.2 Å². The van der Waals surface area contributed by atoms with Crippen LogP contribution in [0.2, 0.25) is 0 Å². The highest BCUT2D eigenvalue weighted by molar-refractivity contribution is 7.18. The van der Waals surface area contributed by atoms with Gasteiger partial charge in [0, 0.05) is 4.88 Å². The number of hydrogen-bond donors (Lipinski definition) is 1. The molecule has 0 saturated carbocycles. The van der Waals surface area contributed by atoms with E-state index in [1.165, 1.54) is 11.3 Å². The molecule has 2 heterocycles. The van der Waals surface area contributed by atoms with Gasteiger partial charge in [-0.15, -0.1) is 11.3 Å². The van der Waals surface area contributed by atoms with E-state index in [1.807, 2.05) is 13.8 Å². The molecule has 0 aliphatic heterocycles. The van der Waals surface area contributed by atoms with Crippen LogP contribution in [0.1, 0.15) is 48.6 Å². The normalized spacial score (nSPS) is 18.5. The topological polar surface area (TPSA) is 72.0 Å². The number of thiophene rings is 1. The number of fused-ring (bicyclic) bond motifs is 1. The fourth-order valence-corrected chi connectivity index (χ4v) is 3.88. The number of nitrogens with one attached hydrogen (secondary N) is 1. The molecule has 122 valence electrons. The van der Waals surface area contributed by atoms with E-state index in [0.717, 1.165) is 23.3 Å². The number of aromatic nitrogens is 2. The molecule has 2 aromatic heterocycles. The van der Waals surface area contributed by atoms with E-state index in [1.54, 1.807) is 6.92 Å². The zero-order valence-electron chi connectivity index (χ0n) is 13.5. The van der Waals surface area contributed by atoms with Crippen molar-refractivity contribution in [3.05, 3.63) is 38.8 Å². The van der Waals surface area contributed by atoms with Crippen LogP contribution in [-0.4, -0.2) is 15.9 Å². The van der Waals surface area contributed by atoms with Crippen molar-refractivity contribution in [2.45, 2.75) is 46.1 Å². The van der Waals surface area contributed by atoms with E-state index in [9.17, 15) is 9.59 Å². The molecule has 1 N–H and O–H groups in total. The van der Waals surface area contributed by atoms with Gasteiger partial charge in [0.1, 0.15) is 4.83 Å². The number of allylic oxidation sites excluding steroid dienone is 2. The monoisotopic (exact) mass is 332 g/mol. The fourth-order valence-electron chi connectivity index (χ4n) is 2.84. The Morgan fingerprint density at radius 3 is 3.00 bits per heavy atom. The first-order valence-corrected chi connectivity index (χ1v) is 8.63. The van der Waals surface area contributed by atoms with E-state index < -0.39 is 6.10 Å². The van der Waals surface area contributed by atoms with Crippen LogP contribution in [0.15, 0.2) is 16.9 Å². The Hall–Kier alpha value is -1.95. The summed E-state index contributed by atoms with van der Waals surface area (Å²) in [4.78, 5) is 33.3. The average molecular weight is 332 g/mol. The van der Waals surface area contributed by atoms with Crippen molar-refractivity contribution in [2.75, 3.05) is 0 Å². The molecule has 1 aliphatic rings. The SMILES string of the molecule is Cc1sc2nc([C@H](C)OC(=O)C[C@H]3C=CCC3)[nH]c(=O)c2c1C. The van der Waals surface area contributed by atoms with Crippen LogP contribution in [0.3, 0.4) is 0 Å². The van der Waals surface area contributed by atoms with Crippen molar-refractivity contribution in [3.63, 3.8) is 0 Å². The van der Waals surface area contributed by atoms with Gasteiger partial charge in [0.2, 0.25) is 0 Å². The summed E-state index contributed by atoms with van der Waals surface area (Å²) in [5.41, 5.74) is 0.788. The number of carbonyl (C=O) groups excluding carboxylic acids is 1. The Morgan fingerprint density at radius 2 is 2.30 bits per heavy atom. The van der Waals surface area contributed by atoms with Gasteiger partial charge in [0.15, 0.2) is 11.9 Å². The van der Waals surface area contributed by atoms with Gasteiger partial charge in [-0.2, -0.15) is 0 Å². The molecule has 0 spiro atoms. The first-order chi connectivity index (χ1) is 11.0. The lowest BCUT2D eigenvalue weighted by Crippen LogP contribution is -2.18. The van der Waals surface area contributed by atoms with Crippen LogP contribution in [-0.2, 0) is 9.53 Å². The third kappa shape index (κ3) is 3.22. The smallest absolute Gasteiger partial charge is 0.307 e. The minimum atomic E-state index is -0.562. The minimum absolute atomic E-state index is 0.173. The molecule has 0 radical (unpaired) electrons. The van der Waals surface area contributed by atoms with Gasteiger partial charge in [-0.3, -0.25) is 9.59 Å². The molecular weight excluding hydrogens is 312 g/mol. The van der Waals surface area contributed by atoms with Gasteiger partial charge >= 0.3 is 5.97 Å². The summed E-state index contributed by atoms with van der Waals surface area (Å²) < 4.78 is 5.44. The van der Waals surface area contributed by atoms with Crippen molar-refractivity contribution in [2.24, 2.45) is 5.92 Å². The zero-order valence-corrected chi connectivity index (χ0v) is 14.3. The number of rotatable bonds is 4. The summed E-state index contributed by atoms with van der Waals surface area (Å²) in [6.07, 6.45) is 6.00. The van der Waals surface area contributed by atoms with E-state index in [0.29, 0.717) is 22.5 Å². The lowest BCUT2D eigenvalue weighted by molar-refractivity contribution is -0.149. The zero-order chi connectivity index (χ0) is 16.6. The third-order valence-electron chi connectivity index (χ3n) is 4.29. The first-order valence-electron chi connectivity index (χ1n) is 7.81. The Bertz CT molecular complexity index is 834. The molecule has 6 heteroatoms. The average Bonchev–Trinajstić information content (AvgIpc) is 3.07. The van der Waals surface area contributed by atoms with Crippen LogP contribution >= 0.6 is 11.3 Å². The maximum atomic E-state index is 12.3. The molecule has 23 heavy (non-hydrogen) atoms. The molecule has 2 aromatic rings. The third-order valence-corrected chi connectivity index (χ3v) is 5.39.